The third kappa shape index (κ3) is 14.1. The van der Waals surface area contributed by atoms with Gasteiger partial charge in [-0.1, -0.05) is 10.7 Å². The van der Waals surface area contributed by atoms with Crippen LogP contribution in [-0.4, -0.2) is 52.8 Å². The highest BCUT2D eigenvalue weighted by molar-refractivity contribution is 9.11. The number of rotatable bonds is 5. The number of anilines is 1. The molecule has 0 saturated carbocycles. The van der Waals surface area contributed by atoms with E-state index in [1.165, 1.54) is 0 Å². The zero-order chi connectivity index (χ0) is 34.5. The standard InChI is InChI=1S/C8H9Br2N7O.C6H6Br2N6S.C4H2Br2N6/c1-8(2,3)15-17(18)7-5(10)12-4(9)6(13-7)14-16-11;1-15(2)13-6-4(8)10-3(7)5(11-6)12-14-9;5-1-3(7)10-4(11-12-8)2(6)9-1/h1-3H3;1-2H3;(H2,7,10). The van der Waals surface area contributed by atoms with Crippen LogP contribution in [-0.2, 0) is 10.7 Å². The Morgan fingerprint density at radius 2 is 1.07 bits per heavy atom. The smallest absolute Gasteiger partial charge is 0.380 e. The van der Waals surface area contributed by atoms with Crippen LogP contribution in [0.3, 0.4) is 0 Å². The van der Waals surface area contributed by atoms with E-state index in [4.69, 9.17) is 22.3 Å². The van der Waals surface area contributed by atoms with E-state index in [1.807, 2.05) is 12.5 Å². The molecule has 0 radical (unpaired) electrons. The number of hydrogen-bond donors (Lipinski definition) is 1. The van der Waals surface area contributed by atoms with Gasteiger partial charge in [0.25, 0.3) is 5.82 Å². The molecule has 3 aromatic rings. The minimum Gasteiger partial charge on any atom is -0.691 e. The van der Waals surface area contributed by atoms with Crippen molar-refractivity contribution in [2.75, 3.05) is 18.2 Å². The lowest BCUT2D eigenvalue weighted by atomic mass is 10.1. The van der Waals surface area contributed by atoms with Crippen LogP contribution in [0.2, 0.25) is 0 Å². The van der Waals surface area contributed by atoms with Crippen molar-refractivity contribution < 1.29 is 4.86 Å². The van der Waals surface area contributed by atoms with Crippen LogP contribution >= 0.6 is 95.6 Å². The summed E-state index contributed by atoms with van der Waals surface area (Å²) in [6, 6.07) is 0. The van der Waals surface area contributed by atoms with Gasteiger partial charge < -0.3 is 10.9 Å². The molecule has 0 aliphatic heterocycles. The first-order valence-corrected chi connectivity index (χ1v) is 17.8. The van der Waals surface area contributed by atoms with Crippen LogP contribution in [0.25, 0.3) is 31.3 Å². The van der Waals surface area contributed by atoms with Gasteiger partial charge in [-0.2, -0.15) is 0 Å². The van der Waals surface area contributed by atoms with Crippen LogP contribution in [0.15, 0.2) is 52.4 Å². The fourth-order valence-electron chi connectivity index (χ4n) is 2.15. The average Bonchev–Trinajstić information content (AvgIpc) is 2.91. The van der Waals surface area contributed by atoms with Gasteiger partial charge in [0.2, 0.25) is 4.60 Å². The average molecular weight is 1030 g/mol. The molecule has 0 unspecified atom stereocenters. The second-order valence-corrected chi connectivity index (χ2v) is 14.6. The van der Waals surface area contributed by atoms with Gasteiger partial charge in [-0.3, -0.25) is 0 Å². The van der Waals surface area contributed by atoms with E-state index in [0.29, 0.717) is 29.1 Å². The lowest BCUT2D eigenvalue weighted by Crippen LogP contribution is -2.13. The van der Waals surface area contributed by atoms with Gasteiger partial charge >= 0.3 is 5.82 Å². The minimum absolute atomic E-state index is 0.0272. The Morgan fingerprint density at radius 3 is 1.51 bits per heavy atom. The molecular weight excluding hydrogens is 1010 g/mol. The van der Waals surface area contributed by atoms with Gasteiger partial charge in [-0.15, -0.1) is 9.97 Å². The summed E-state index contributed by atoms with van der Waals surface area (Å²) in [4.78, 5) is 31.8. The third-order valence-electron chi connectivity index (χ3n) is 3.63. The number of aromatic nitrogens is 6. The summed E-state index contributed by atoms with van der Waals surface area (Å²) < 4.78 is 6.35. The van der Waals surface area contributed by atoms with Gasteiger partial charge in [0.1, 0.15) is 13.8 Å². The van der Waals surface area contributed by atoms with Crippen LogP contribution < -0.4 is 5.73 Å². The zero-order valence-electron chi connectivity index (χ0n) is 23.2. The third-order valence-corrected chi connectivity index (χ3v) is 7.41. The summed E-state index contributed by atoms with van der Waals surface area (Å²) in [6.45, 7) is 5.31. The molecular formula is C18H17Br6N19OS. The van der Waals surface area contributed by atoms with Gasteiger partial charge in [0.05, 0.1) is 5.54 Å². The monoisotopic (exact) mass is 1020 g/mol. The maximum absolute atomic E-state index is 11.8. The molecule has 238 valence electrons. The molecule has 2 N–H and O–H groups in total. The Balaban J connectivity index is 0.000000344. The molecule has 0 amide bonds. The van der Waals surface area contributed by atoms with Crippen LogP contribution in [0.4, 0.5) is 34.9 Å². The molecule has 3 aromatic heterocycles. The first-order valence-electron chi connectivity index (χ1n) is 11.0. The number of azide groups is 3. The van der Waals surface area contributed by atoms with Crippen molar-refractivity contribution in [3.63, 3.8) is 0 Å². The van der Waals surface area contributed by atoms with Crippen molar-refractivity contribution >= 4 is 141 Å². The van der Waals surface area contributed by atoms with E-state index in [9.17, 15) is 5.21 Å². The van der Waals surface area contributed by atoms with Crippen LogP contribution in [0.5, 0.6) is 0 Å². The Labute approximate surface area is 306 Å². The van der Waals surface area contributed by atoms with Crippen molar-refractivity contribution in [1.29, 1.82) is 0 Å². The van der Waals surface area contributed by atoms with E-state index >= 15 is 0 Å². The van der Waals surface area contributed by atoms with E-state index in [1.54, 1.807) is 20.8 Å². The molecule has 0 aliphatic carbocycles. The summed E-state index contributed by atoms with van der Waals surface area (Å²) >= 11 is 18.7. The molecule has 3 heterocycles. The predicted octanol–water partition coefficient (Wildman–Crippen LogP) is 10.5. The van der Waals surface area contributed by atoms with E-state index < -0.39 is 5.54 Å². The van der Waals surface area contributed by atoms with Gasteiger partial charge in [0.15, 0.2) is 32.5 Å². The SMILES string of the molecule is CC(C)(C)N=[N+]([O-])c1nc(N=[N+]=[N-])c(Br)nc1Br.CS(C)=Nc1nc(N=[N+]=[N-])c(Br)nc1Br.[N-]=[N+]=Nc1nc(N)c(Br)nc1Br. The number of azo groups is 1. The number of nitrogen functional groups attached to an aromatic ring is 1. The Hall–Kier alpha value is -2.60. The fraction of sp³-hybridized carbons (Fsp3) is 0.333. The number of hydrogen-bond acceptors (Lipinski definition) is 13. The molecule has 0 spiro atoms. The van der Waals surface area contributed by atoms with Gasteiger partial charge in [-0.05, 0) is 166 Å². The van der Waals surface area contributed by atoms with Crippen molar-refractivity contribution in [3.8, 4) is 0 Å². The first-order chi connectivity index (χ1) is 20.9. The summed E-state index contributed by atoms with van der Waals surface area (Å²) in [5, 5.41) is 25.7. The molecule has 0 aromatic carbocycles. The summed E-state index contributed by atoms with van der Waals surface area (Å²) in [5.74, 6) is 0.828. The molecule has 0 aliphatic rings. The van der Waals surface area contributed by atoms with Gasteiger partial charge in [-0.25, -0.2) is 29.3 Å². The van der Waals surface area contributed by atoms with Crippen LogP contribution in [0, 0.1) is 5.21 Å². The largest absolute Gasteiger partial charge is 0.691 e. The van der Waals surface area contributed by atoms with Crippen molar-refractivity contribution in [1.82, 2.24) is 29.9 Å². The predicted molar refractivity (Wildman–Crippen MR) is 190 cm³/mol. The molecule has 20 nitrogen and oxygen atoms in total. The molecule has 0 saturated heterocycles. The highest BCUT2D eigenvalue weighted by Gasteiger charge is 2.21. The molecule has 3 rings (SSSR count). The van der Waals surface area contributed by atoms with E-state index in [-0.39, 0.29) is 49.0 Å². The Morgan fingerprint density at radius 1 is 0.667 bits per heavy atom. The number of nitrogens with zero attached hydrogens (tertiary/aromatic N) is 18. The molecule has 0 bridgehead atoms. The van der Waals surface area contributed by atoms with Crippen molar-refractivity contribution in [3.05, 3.63) is 64.2 Å². The highest BCUT2D eigenvalue weighted by Crippen LogP contribution is 2.31. The quantitative estimate of drug-likeness (QED) is 0.0840. The van der Waals surface area contributed by atoms with E-state index in [2.05, 4.69) is 165 Å². The first kappa shape index (κ1) is 40.4. The highest BCUT2D eigenvalue weighted by atomic mass is 79.9. The second kappa shape index (κ2) is 19.2. The summed E-state index contributed by atoms with van der Waals surface area (Å²) in [5.41, 5.74) is 29.6. The lowest BCUT2D eigenvalue weighted by Gasteiger charge is -2.13. The maximum Gasteiger partial charge on any atom is 0.380 e. The lowest BCUT2D eigenvalue weighted by molar-refractivity contribution is -0.454. The maximum atomic E-state index is 11.8. The molecule has 27 heteroatoms. The fourth-order valence-corrected chi connectivity index (χ4v) is 5.53. The van der Waals surface area contributed by atoms with Crippen LogP contribution in [0.1, 0.15) is 20.8 Å². The summed E-state index contributed by atoms with van der Waals surface area (Å²) in [6.07, 6.45) is 3.90. The van der Waals surface area contributed by atoms with Crippen molar-refractivity contribution in [2.45, 2.75) is 26.3 Å². The number of nitrogens with two attached hydrogens (primary N) is 1. The second-order valence-electron chi connectivity index (χ2n) is 8.40. The normalized spacial score (nSPS) is 10.6. The number of halogens is 6. The zero-order valence-corrected chi connectivity index (χ0v) is 33.5. The summed E-state index contributed by atoms with van der Waals surface area (Å²) in [7, 11) is -0.153. The molecule has 0 atom stereocenters. The van der Waals surface area contributed by atoms with Crippen molar-refractivity contribution in [2.24, 2.45) is 24.8 Å². The Bertz CT molecular complexity index is 1770. The molecule has 0 fully saturated rings. The Kier molecular flexibility index (Phi) is 17.2. The topological polar surface area (TPSA) is 300 Å². The van der Waals surface area contributed by atoms with Gasteiger partial charge in [0, 0.05) is 14.7 Å². The minimum atomic E-state index is -0.561. The molecule has 45 heavy (non-hydrogen) atoms. The van der Waals surface area contributed by atoms with E-state index in [0.717, 1.165) is 0 Å².